The molecule has 0 saturated carbocycles. The van der Waals surface area contributed by atoms with Gasteiger partial charge in [-0.2, -0.15) is 0 Å². The van der Waals surface area contributed by atoms with Crippen molar-refractivity contribution in [2.24, 2.45) is 0 Å². The molecule has 0 aromatic rings. The quantitative estimate of drug-likeness (QED) is 0.475. The van der Waals surface area contributed by atoms with Crippen molar-refractivity contribution in [3.63, 3.8) is 0 Å². The van der Waals surface area contributed by atoms with Crippen molar-refractivity contribution >= 4 is 0 Å². The first-order valence-electron chi connectivity index (χ1n) is 5.63. The molecular weight excluding hydrogens is 156 g/mol. The minimum Gasteiger partial charge on any atom is -0.0805 e. The van der Waals surface area contributed by atoms with E-state index in [9.17, 15) is 0 Å². The fourth-order valence-corrected chi connectivity index (χ4v) is 0.554. The van der Waals surface area contributed by atoms with Gasteiger partial charge >= 0.3 is 0 Å². The van der Waals surface area contributed by atoms with E-state index in [1.807, 2.05) is 27.7 Å². The van der Waals surface area contributed by atoms with Crippen molar-refractivity contribution in [1.82, 2.24) is 0 Å². The molecule has 0 saturated heterocycles. The Bertz CT molecular complexity index is 107. The second-order valence-corrected chi connectivity index (χ2v) is 2.35. The summed E-state index contributed by atoms with van der Waals surface area (Å²) in [5, 5.41) is 0. The van der Waals surface area contributed by atoms with Crippen molar-refractivity contribution in [2.45, 2.75) is 61.3 Å². The van der Waals surface area contributed by atoms with Gasteiger partial charge in [-0.05, 0) is 13.3 Å². The molecule has 0 spiro atoms. The average molecular weight is 184 g/mol. The van der Waals surface area contributed by atoms with Crippen LogP contribution in [-0.2, 0) is 0 Å². The fraction of sp³-hybridized carbons (Fsp3) is 0.692. The highest BCUT2D eigenvalue weighted by Crippen LogP contribution is 2.06. The van der Waals surface area contributed by atoms with E-state index in [2.05, 4.69) is 39.0 Å². The van der Waals surface area contributed by atoms with Crippen LogP contribution in [0, 0.1) is 0 Å². The molecule has 1 aliphatic carbocycles. The van der Waals surface area contributed by atoms with E-state index < -0.39 is 0 Å². The molecule has 1 rings (SSSR count). The second-order valence-electron chi connectivity index (χ2n) is 2.35. The van der Waals surface area contributed by atoms with Crippen LogP contribution >= 0.6 is 0 Å². The molecule has 1 aliphatic rings. The van der Waals surface area contributed by atoms with Crippen molar-refractivity contribution in [3.8, 4) is 0 Å². The van der Waals surface area contributed by atoms with E-state index in [4.69, 9.17) is 0 Å². The maximum atomic E-state index is 2.16. The summed E-state index contributed by atoms with van der Waals surface area (Å²) in [5.74, 6) is 0. The molecule has 0 heterocycles. The van der Waals surface area contributed by atoms with E-state index in [1.54, 1.807) is 0 Å². The first-order chi connectivity index (χ1) is 6.31. The molecule has 0 atom stereocenters. The molecule has 80 valence electrons. The van der Waals surface area contributed by atoms with Crippen LogP contribution in [0.4, 0.5) is 0 Å². The van der Waals surface area contributed by atoms with Crippen LogP contribution in [0.5, 0.6) is 0 Å². The maximum Gasteiger partial charge on any atom is -0.0135 e. The third-order valence-electron chi connectivity index (χ3n) is 0.957. The van der Waals surface area contributed by atoms with Crippen LogP contribution in [0.1, 0.15) is 61.3 Å². The van der Waals surface area contributed by atoms with Crippen molar-refractivity contribution in [3.05, 3.63) is 23.8 Å². The molecule has 0 aromatic heterocycles. The predicted octanol–water partition coefficient (Wildman–Crippen LogP) is 5.36. The SMILES string of the molecule is CC.CC.CC1=CC=CC1.CCC. The predicted molar refractivity (Wildman–Crippen MR) is 66.2 cm³/mol. The zero-order valence-electron chi connectivity index (χ0n) is 10.6. The lowest BCUT2D eigenvalue weighted by atomic mass is 10.3. The lowest BCUT2D eigenvalue weighted by molar-refractivity contribution is 1.09. The molecule has 0 N–H and O–H groups in total. The van der Waals surface area contributed by atoms with E-state index in [0.29, 0.717) is 0 Å². The van der Waals surface area contributed by atoms with Crippen molar-refractivity contribution < 1.29 is 0 Å². The van der Waals surface area contributed by atoms with E-state index in [1.165, 1.54) is 18.4 Å². The molecular formula is C13H28. The zero-order valence-corrected chi connectivity index (χ0v) is 10.6. The third-order valence-corrected chi connectivity index (χ3v) is 0.957. The number of rotatable bonds is 0. The molecule has 0 unspecified atom stereocenters. The molecule has 13 heavy (non-hydrogen) atoms. The van der Waals surface area contributed by atoms with Gasteiger partial charge in [0.05, 0.1) is 0 Å². The summed E-state index contributed by atoms with van der Waals surface area (Å²) < 4.78 is 0. The molecule has 0 bridgehead atoms. The van der Waals surface area contributed by atoms with Crippen LogP contribution < -0.4 is 0 Å². The zero-order chi connectivity index (χ0) is 11.1. The van der Waals surface area contributed by atoms with Gasteiger partial charge in [-0.1, -0.05) is 71.8 Å². The van der Waals surface area contributed by atoms with Gasteiger partial charge in [0, 0.05) is 0 Å². The summed E-state index contributed by atoms with van der Waals surface area (Å²) >= 11 is 0. The fourth-order valence-electron chi connectivity index (χ4n) is 0.554. The summed E-state index contributed by atoms with van der Waals surface area (Å²) in [5.41, 5.74) is 1.47. The van der Waals surface area contributed by atoms with Gasteiger partial charge in [0.1, 0.15) is 0 Å². The van der Waals surface area contributed by atoms with Crippen LogP contribution in [0.3, 0.4) is 0 Å². The normalized spacial score (nSPS) is 10.8. The van der Waals surface area contributed by atoms with Crippen molar-refractivity contribution in [1.29, 1.82) is 0 Å². The first-order valence-corrected chi connectivity index (χ1v) is 5.63. The highest BCUT2D eigenvalue weighted by molar-refractivity contribution is 5.20. The van der Waals surface area contributed by atoms with E-state index >= 15 is 0 Å². The first kappa shape index (κ1) is 18.3. The third kappa shape index (κ3) is 24.6. The molecule has 0 fully saturated rings. The van der Waals surface area contributed by atoms with Crippen LogP contribution in [0.2, 0.25) is 0 Å². The second kappa shape index (κ2) is 22.5. The van der Waals surface area contributed by atoms with Gasteiger partial charge in [-0.3, -0.25) is 0 Å². The van der Waals surface area contributed by atoms with Gasteiger partial charge in [0.15, 0.2) is 0 Å². The Balaban J connectivity index is -0.000000124. The Hall–Kier alpha value is -0.520. The monoisotopic (exact) mass is 184 g/mol. The number of allylic oxidation sites excluding steroid dienone is 4. The summed E-state index contributed by atoms with van der Waals surface area (Å²) in [6.45, 7) is 14.4. The summed E-state index contributed by atoms with van der Waals surface area (Å²) in [6.07, 6.45) is 8.81. The van der Waals surface area contributed by atoms with Gasteiger partial charge in [-0.25, -0.2) is 0 Å². The minimum atomic E-state index is 1.17. The van der Waals surface area contributed by atoms with E-state index in [-0.39, 0.29) is 0 Å². The maximum absolute atomic E-state index is 2.16. The Labute approximate surface area is 85.8 Å². The van der Waals surface area contributed by atoms with Gasteiger partial charge < -0.3 is 0 Å². The largest absolute Gasteiger partial charge is 0.0805 e. The number of hydrogen-bond donors (Lipinski definition) is 0. The Morgan fingerprint density at radius 2 is 1.46 bits per heavy atom. The lowest BCUT2D eigenvalue weighted by Crippen LogP contribution is -1.58. The molecule has 0 aromatic carbocycles. The van der Waals surface area contributed by atoms with Crippen LogP contribution in [0.15, 0.2) is 23.8 Å². The summed E-state index contributed by atoms with van der Waals surface area (Å²) in [4.78, 5) is 0. The Morgan fingerprint density at radius 3 is 1.54 bits per heavy atom. The minimum absolute atomic E-state index is 1.17. The highest BCUT2D eigenvalue weighted by Gasteiger charge is 1.86. The van der Waals surface area contributed by atoms with E-state index in [0.717, 1.165) is 0 Å². The van der Waals surface area contributed by atoms with Crippen LogP contribution in [0.25, 0.3) is 0 Å². The number of hydrogen-bond acceptors (Lipinski definition) is 0. The molecule has 0 nitrogen and oxygen atoms in total. The van der Waals surface area contributed by atoms with Gasteiger partial charge in [-0.15, -0.1) is 0 Å². The topological polar surface area (TPSA) is 0 Å². The summed E-state index contributed by atoms with van der Waals surface area (Å²) in [7, 11) is 0. The van der Waals surface area contributed by atoms with Gasteiger partial charge in [0.2, 0.25) is 0 Å². The lowest BCUT2D eigenvalue weighted by Gasteiger charge is -1.78. The highest BCUT2D eigenvalue weighted by atomic mass is 13.9. The average Bonchev–Trinajstić information content (AvgIpc) is 2.64. The Kier molecular flexibility index (Phi) is 31.7. The molecule has 0 radical (unpaired) electrons. The van der Waals surface area contributed by atoms with Crippen LogP contribution in [-0.4, -0.2) is 0 Å². The standard InChI is InChI=1S/C6H8.C3H8.2C2H6/c1-6-4-2-3-5-6;1-3-2;2*1-2/h2-4H,5H2,1H3;3H2,1-2H3;2*1-2H3. The smallest absolute Gasteiger partial charge is 0.0135 e. The molecule has 0 heteroatoms. The van der Waals surface area contributed by atoms with Gasteiger partial charge in [0.25, 0.3) is 0 Å². The Morgan fingerprint density at radius 1 is 1.08 bits per heavy atom. The van der Waals surface area contributed by atoms with Crippen molar-refractivity contribution in [2.75, 3.05) is 0 Å². The molecule has 0 aliphatic heterocycles. The summed E-state index contributed by atoms with van der Waals surface area (Å²) in [6, 6.07) is 0. The molecule has 0 amide bonds.